The first-order valence-corrected chi connectivity index (χ1v) is 7.18. The number of hydrogen-bond acceptors (Lipinski definition) is 4. The van der Waals surface area contributed by atoms with Crippen LogP contribution in [0.1, 0.15) is 23.2 Å². The van der Waals surface area contributed by atoms with Crippen molar-refractivity contribution in [2.24, 2.45) is 0 Å². The summed E-state index contributed by atoms with van der Waals surface area (Å²) in [4.78, 5) is 2.44. The highest BCUT2D eigenvalue weighted by molar-refractivity contribution is 5.17. The standard InChI is InChI=1S/C16H20N2O2/c1-2-5-14(6-3-1)12-19-10-4-8-18-9-7-16-15(11-18)13-20-17-16/h1-3,5-6,13H,4,7-12H2. The Balaban J connectivity index is 1.33. The highest BCUT2D eigenvalue weighted by Gasteiger charge is 2.18. The van der Waals surface area contributed by atoms with E-state index in [0.29, 0.717) is 6.61 Å². The van der Waals surface area contributed by atoms with Crippen molar-refractivity contribution in [3.63, 3.8) is 0 Å². The molecule has 0 amide bonds. The minimum absolute atomic E-state index is 0.705. The summed E-state index contributed by atoms with van der Waals surface area (Å²) in [6, 6.07) is 10.3. The molecule has 1 aromatic carbocycles. The third-order valence-corrected chi connectivity index (χ3v) is 3.66. The van der Waals surface area contributed by atoms with Gasteiger partial charge in [0, 0.05) is 38.2 Å². The number of benzene rings is 1. The summed E-state index contributed by atoms with van der Waals surface area (Å²) < 4.78 is 10.7. The Morgan fingerprint density at radius 1 is 1.25 bits per heavy atom. The van der Waals surface area contributed by atoms with Gasteiger partial charge in [-0.05, 0) is 12.0 Å². The van der Waals surface area contributed by atoms with Crippen molar-refractivity contribution < 1.29 is 9.26 Å². The van der Waals surface area contributed by atoms with E-state index in [4.69, 9.17) is 9.26 Å². The second-order valence-corrected chi connectivity index (χ2v) is 5.20. The average molecular weight is 272 g/mol. The molecular formula is C16H20N2O2. The number of rotatable bonds is 6. The zero-order valence-electron chi connectivity index (χ0n) is 11.6. The third-order valence-electron chi connectivity index (χ3n) is 3.66. The highest BCUT2D eigenvalue weighted by atomic mass is 16.5. The molecule has 0 saturated carbocycles. The van der Waals surface area contributed by atoms with Crippen LogP contribution in [0.25, 0.3) is 0 Å². The Labute approximate surface area is 119 Å². The van der Waals surface area contributed by atoms with Crippen molar-refractivity contribution in [1.29, 1.82) is 0 Å². The van der Waals surface area contributed by atoms with E-state index in [1.54, 1.807) is 6.26 Å². The zero-order valence-corrected chi connectivity index (χ0v) is 11.6. The molecular weight excluding hydrogens is 252 g/mol. The molecule has 0 bridgehead atoms. The molecule has 0 radical (unpaired) electrons. The minimum atomic E-state index is 0.705. The van der Waals surface area contributed by atoms with Gasteiger partial charge in [0.25, 0.3) is 0 Å². The van der Waals surface area contributed by atoms with Crippen molar-refractivity contribution in [3.8, 4) is 0 Å². The summed E-state index contributed by atoms with van der Waals surface area (Å²) in [5, 5.41) is 4.01. The maximum atomic E-state index is 5.71. The lowest BCUT2D eigenvalue weighted by atomic mass is 10.1. The zero-order chi connectivity index (χ0) is 13.6. The van der Waals surface area contributed by atoms with Gasteiger partial charge in [0.1, 0.15) is 6.26 Å². The van der Waals surface area contributed by atoms with Crippen molar-refractivity contribution in [2.45, 2.75) is 26.0 Å². The van der Waals surface area contributed by atoms with Gasteiger partial charge in [-0.3, -0.25) is 4.90 Å². The quantitative estimate of drug-likeness (QED) is 0.758. The molecule has 2 heterocycles. The first kappa shape index (κ1) is 13.3. The Kier molecular flexibility index (Phi) is 4.46. The van der Waals surface area contributed by atoms with Crippen molar-refractivity contribution >= 4 is 0 Å². The van der Waals surface area contributed by atoms with Gasteiger partial charge in [0.15, 0.2) is 0 Å². The van der Waals surface area contributed by atoms with Crippen molar-refractivity contribution in [1.82, 2.24) is 10.1 Å². The van der Waals surface area contributed by atoms with Gasteiger partial charge in [0.05, 0.1) is 12.3 Å². The molecule has 4 heteroatoms. The second kappa shape index (κ2) is 6.68. The van der Waals surface area contributed by atoms with Gasteiger partial charge in [-0.2, -0.15) is 0 Å². The van der Waals surface area contributed by atoms with Gasteiger partial charge in [-0.1, -0.05) is 35.5 Å². The number of ether oxygens (including phenoxy) is 1. The molecule has 1 aromatic heterocycles. The fourth-order valence-corrected chi connectivity index (χ4v) is 2.54. The molecule has 2 aromatic rings. The molecule has 0 atom stereocenters. The molecule has 0 unspecified atom stereocenters. The topological polar surface area (TPSA) is 38.5 Å². The van der Waals surface area contributed by atoms with Crippen LogP contribution >= 0.6 is 0 Å². The average Bonchev–Trinajstić information content (AvgIpc) is 2.95. The highest BCUT2D eigenvalue weighted by Crippen LogP contribution is 2.17. The van der Waals surface area contributed by atoms with E-state index < -0.39 is 0 Å². The van der Waals surface area contributed by atoms with Gasteiger partial charge in [0.2, 0.25) is 0 Å². The lowest BCUT2D eigenvalue weighted by Gasteiger charge is -2.25. The number of aromatic nitrogens is 1. The predicted molar refractivity (Wildman–Crippen MR) is 76.2 cm³/mol. The van der Waals surface area contributed by atoms with Crippen LogP contribution in [0, 0.1) is 0 Å². The normalized spacial score (nSPS) is 15.2. The summed E-state index contributed by atoms with van der Waals surface area (Å²) in [5.74, 6) is 0. The van der Waals surface area contributed by atoms with Gasteiger partial charge >= 0.3 is 0 Å². The van der Waals surface area contributed by atoms with Crippen LogP contribution in [0.2, 0.25) is 0 Å². The molecule has 0 saturated heterocycles. The van der Waals surface area contributed by atoms with E-state index >= 15 is 0 Å². The third kappa shape index (κ3) is 3.46. The number of hydrogen-bond donors (Lipinski definition) is 0. The lowest BCUT2D eigenvalue weighted by molar-refractivity contribution is 0.106. The summed E-state index contributed by atoms with van der Waals surface area (Å²) in [7, 11) is 0. The number of fused-ring (bicyclic) bond motifs is 1. The molecule has 1 aliphatic heterocycles. The van der Waals surface area contributed by atoms with Crippen molar-refractivity contribution in [3.05, 3.63) is 53.4 Å². The van der Waals surface area contributed by atoms with Crippen LogP contribution < -0.4 is 0 Å². The molecule has 0 spiro atoms. The minimum Gasteiger partial charge on any atom is -0.377 e. The van der Waals surface area contributed by atoms with Crippen LogP contribution in [0.4, 0.5) is 0 Å². The van der Waals surface area contributed by atoms with Crippen molar-refractivity contribution in [2.75, 3.05) is 19.7 Å². The molecule has 20 heavy (non-hydrogen) atoms. The monoisotopic (exact) mass is 272 g/mol. The van der Waals surface area contributed by atoms with Crippen LogP contribution in [-0.2, 0) is 24.3 Å². The molecule has 0 N–H and O–H groups in total. The first-order chi connectivity index (χ1) is 9.92. The largest absolute Gasteiger partial charge is 0.377 e. The Morgan fingerprint density at radius 2 is 2.15 bits per heavy atom. The molecule has 1 aliphatic rings. The van der Waals surface area contributed by atoms with Crippen LogP contribution in [0.5, 0.6) is 0 Å². The smallest absolute Gasteiger partial charge is 0.128 e. The van der Waals surface area contributed by atoms with Gasteiger partial charge in [-0.15, -0.1) is 0 Å². The maximum Gasteiger partial charge on any atom is 0.128 e. The Morgan fingerprint density at radius 3 is 3.05 bits per heavy atom. The summed E-state index contributed by atoms with van der Waals surface area (Å²) >= 11 is 0. The first-order valence-electron chi connectivity index (χ1n) is 7.18. The SMILES string of the molecule is c1ccc(COCCCN2CCc3nocc3C2)cc1. The summed E-state index contributed by atoms with van der Waals surface area (Å²) in [6.07, 6.45) is 3.83. The molecule has 106 valence electrons. The van der Waals surface area contributed by atoms with Gasteiger partial charge in [-0.25, -0.2) is 0 Å². The molecule has 0 aliphatic carbocycles. The second-order valence-electron chi connectivity index (χ2n) is 5.20. The summed E-state index contributed by atoms with van der Waals surface area (Å²) in [5.41, 5.74) is 3.60. The van der Waals surface area contributed by atoms with E-state index in [0.717, 1.165) is 44.8 Å². The van der Waals surface area contributed by atoms with E-state index in [9.17, 15) is 0 Å². The maximum absolute atomic E-state index is 5.71. The lowest BCUT2D eigenvalue weighted by Crippen LogP contribution is -2.31. The Bertz CT molecular complexity index is 524. The molecule has 3 rings (SSSR count). The fraction of sp³-hybridized carbons (Fsp3) is 0.438. The van der Waals surface area contributed by atoms with E-state index in [1.165, 1.54) is 11.1 Å². The number of nitrogens with zero attached hydrogens (tertiary/aromatic N) is 2. The Hall–Kier alpha value is -1.65. The van der Waals surface area contributed by atoms with Crippen LogP contribution in [0.3, 0.4) is 0 Å². The van der Waals surface area contributed by atoms with E-state index in [1.807, 2.05) is 18.2 Å². The van der Waals surface area contributed by atoms with Crippen LogP contribution in [-0.4, -0.2) is 29.8 Å². The summed E-state index contributed by atoms with van der Waals surface area (Å²) in [6.45, 7) is 4.60. The van der Waals surface area contributed by atoms with E-state index in [-0.39, 0.29) is 0 Å². The molecule has 0 fully saturated rings. The van der Waals surface area contributed by atoms with Crippen LogP contribution in [0.15, 0.2) is 41.1 Å². The van der Waals surface area contributed by atoms with E-state index in [2.05, 4.69) is 22.2 Å². The molecule has 4 nitrogen and oxygen atoms in total. The fourth-order valence-electron chi connectivity index (χ4n) is 2.54. The predicted octanol–water partition coefficient (Wildman–Crippen LogP) is 2.64. The van der Waals surface area contributed by atoms with Gasteiger partial charge < -0.3 is 9.26 Å².